The van der Waals surface area contributed by atoms with Crippen LogP contribution in [0.4, 0.5) is 8.78 Å². The van der Waals surface area contributed by atoms with Crippen molar-refractivity contribution in [3.63, 3.8) is 0 Å². The van der Waals surface area contributed by atoms with Gasteiger partial charge in [0.05, 0.1) is 12.5 Å². The van der Waals surface area contributed by atoms with Crippen molar-refractivity contribution in [2.45, 2.75) is 18.5 Å². The molecule has 1 aliphatic rings. The summed E-state index contributed by atoms with van der Waals surface area (Å²) in [6, 6.07) is 11.8. The molecule has 0 spiro atoms. The van der Waals surface area contributed by atoms with Crippen LogP contribution in [0.15, 0.2) is 48.5 Å². The first-order valence-corrected chi connectivity index (χ1v) is 7.39. The lowest BCUT2D eigenvalue weighted by Gasteiger charge is -2.15. The molecule has 2 atom stereocenters. The van der Waals surface area contributed by atoms with Gasteiger partial charge in [-0.25, -0.2) is 8.78 Å². The maximum Gasteiger partial charge on any atom is 0.233 e. The molecule has 23 heavy (non-hydrogen) atoms. The SMILES string of the molecule is O=[N+]([O-])[C@@H]1CN(Cc2ccccc2)CC1c1cc(F)ccc1F. The fourth-order valence-corrected chi connectivity index (χ4v) is 3.15. The normalized spacial score (nSPS) is 21.5. The third kappa shape index (κ3) is 3.37. The lowest BCUT2D eigenvalue weighted by molar-refractivity contribution is -0.521. The summed E-state index contributed by atoms with van der Waals surface area (Å²) in [5, 5.41) is 11.3. The summed E-state index contributed by atoms with van der Waals surface area (Å²) in [5.74, 6) is -1.82. The van der Waals surface area contributed by atoms with Gasteiger partial charge in [0.2, 0.25) is 6.04 Å². The molecule has 1 aliphatic heterocycles. The van der Waals surface area contributed by atoms with Crippen LogP contribution in [0.5, 0.6) is 0 Å². The molecule has 0 aliphatic carbocycles. The van der Waals surface area contributed by atoms with Crippen LogP contribution in [0.1, 0.15) is 17.0 Å². The van der Waals surface area contributed by atoms with E-state index >= 15 is 0 Å². The fourth-order valence-electron chi connectivity index (χ4n) is 3.15. The molecule has 1 fully saturated rings. The molecule has 0 amide bonds. The van der Waals surface area contributed by atoms with Gasteiger partial charge in [-0.05, 0) is 23.8 Å². The number of hydrogen-bond acceptors (Lipinski definition) is 3. The average Bonchev–Trinajstić information content (AvgIpc) is 2.94. The first kappa shape index (κ1) is 15.6. The van der Waals surface area contributed by atoms with Gasteiger partial charge >= 0.3 is 0 Å². The fraction of sp³-hybridized carbons (Fsp3) is 0.294. The van der Waals surface area contributed by atoms with E-state index in [9.17, 15) is 18.9 Å². The van der Waals surface area contributed by atoms with Gasteiger partial charge < -0.3 is 0 Å². The van der Waals surface area contributed by atoms with Crippen molar-refractivity contribution < 1.29 is 13.7 Å². The average molecular weight is 318 g/mol. The van der Waals surface area contributed by atoms with E-state index in [4.69, 9.17) is 0 Å². The van der Waals surface area contributed by atoms with Crippen molar-refractivity contribution in [3.8, 4) is 0 Å². The summed E-state index contributed by atoms with van der Waals surface area (Å²) in [7, 11) is 0. The maximum atomic E-state index is 14.0. The minimum atomic E-state index is -0.935. The Bertz CT molecular complexity index is 709. The molecule has 0 N–H and O–H groups in total. The molecule has 1 heterocycles. The smallest absolute Gasteiger partial charge is 0.233 e. The molecule has 6 heteroatoms. The summed E-state index contributed by atoms with van der Waals surface area (Å²) in [6.07, 6.45) is 0. The van der Waals surface area contributed by atoms with E-state index in [0.717, 1.165) is 23.8 Å². The molecule has 0 saturated carbocycles. The number of nitro groups is 1. The molecule has 2 aromatic rings. The van der Waals surface area contributed by atoms with Gasteiger partial charge in [-0.1, -0.05) is 30.3 Å². The van der Waals surface area contributed by atoms with Crippen molar-refractivity contribution in [2.24, 2.45) is 0 Å². The molecule has 0 radical (unpaired) electrons. The molecule has 2 aromatic carbocycles. The Hall–Kier alpha value is -2.34. The summed E-state index contributed by atoms with van der Waals surface area (Å²) in [4.78, 5) is 12.9. The zero-order valence-corrected chi connectivity index (χ0v) is 12.4. The van der Waals surface area contributed by atoms with E-state index < -0.39 is 23.6 Å². The summed E-state index contributed by atoms with van der Waals surface area (Å²) >= 11 is 0. The van der Waals surface area contributed by atoms with E-state index in [1.165, 1.54) is 0 Å². The number of halogens is 2. The molecular weight excluding hydrogens is 302 g/mol. The first-order valence-electron chi connectivity index (χ1n) is 7.39. The third-order valence-electron chi connectivity index (χ3n) is 4.24. The zero-order valence-electron chi connectivity index (χ0n) is 12.4. The van der Waals surface area contributed by atoms with Crippen molar-refractivity contribution in [3.05, 3.63) is 81.4 Å². The molecule has 120 valence electrons. The highest BCUT2D eigenvalue weighted by molar-refractivity contribution is 5.26. The topological polar surface area (TPSA) is 46.4 Å². The molecule has 4 nitrogen and oxygen atoms in total. The largest absolute Gasteiger partial charge is 0.292 e. The standard InChI is InChI=1S/C17H16F2N2O2/c18-13-6-7-16(19)14(8-13)15-10-20(11-17(15)21(22)23)9-12-4-2-1-3-5-12/h1-8,15,17H,9-11H2/t15?,17-/m1/s1. The number of nitrogens with zero attached hydrogens (tertiary/aromatic N) is 2. The van der Waals surface area contributed by atoms with Gasteiger partial charge in [-0.3, -0.25) is 15.0 Å². The Morgan fingerprint density at radius 2 is 1.87 bits per heavy atom. The molecule has 1 unspecified atom stereocenters. The molecule has 0 aromatic heterocycles. The monoisotopic (exact) mass is 318 g/mol. The number of hydrogen-bond donors (Lipinski definition) is 0. The summed E-state index contributed by atoms with van der Waals surface area (Å²) in [5.41, 5.74) is 1.12. The first-order chi connectivity index (χ1) is 11.0. The number of likely N-dealkylation sites (tertiary alicyclic amines) is 1. The Balaban J connectivity index is 1.84. The van der Waals surface area contributed by atoms with E-state index in [2.05, 4.69) is 0 Å². The highest BCUT2D eigenvalue weighted by atomic mass is 19.1. The second-order valence-corrected chi connectivity index (χ2v) is 5.80. The van der Waals surface area contributed by atoms with Gasteiger partial charge in [0, 0.05) is 23.6 Å². The van der Waals surface area contributed by atoms with Crippen molar-refractivity contribution >= 4 is 0 Å². The van der Waals surface area contributed by atoms with Gasteiger partial charge in [-0.15, -0.1) is 0 Å². The maximum absolute atomic E-state index is 14.0. The zero-order chi connectivity index (χ0) is 16.4. The molecule has 0 bridgehead atoms. The van der Waals surface area contributed by atoms with Crippen molar-refractivity contribution in [1.82, 2.24) is 4.90 Å². The van der Waals surface area contributed by atoms with E-state index in [-0.39, 0.29) is 17.0 Å². The Kier molecular flexibility index (Phi) is 4.34. The highest BCUT2D eigenvalue weighted by Crippen LogP contribution is 2.32. The third-order valence-corrected chi connectivity index (χ3v) is 4.24. The van der Waals surface area contributed by atoms with Crippen LogP contribution in [0.3, 0.4) is 0 Å². The molecule has 3 rings (SSSR count). The van der Waals surface area contributed by atoms with Crippen LogP contribution in [0.2, 0.25) is 0 Å². The van der Waals surface area contributed by atoms with Crippen LogP contribution in [-0.4, -0.2) is 29.0 Å². The van der Waals surface area contributed by atoms with Gasteiger partial charge in [0.25, 0.3) is 0 Å². The van der Waals surface area contributed by atoms with E-state index in [0.29, 0.717) is 13.1 Å². The Morgan fingerprint density at radius 3 is 2.57 bits per heavy atom. The predicted molar refractivity (Wildman–Crippen MR) is 81.6 cm³/mol. The van der Waals surface area contributed by atoms with Crippen LogP contribution in [-0.2, 0) is 6.54 Å². The van der Waals surface area contributed by atoms with Crippen molar-refractivity contribution in [2.75, 3.05) is 13.1 Å². The van der Waals surface area contributed by atoms with Crippen molar-refractivity contribution in [1.29, 1.82) is 0 Å². The van der Waals surface area contributed by atoms with Crippen LogP contribution in [0.25, 0.3) is 0 Å². The predicted octanol–water partition coefficient (Wildman–Crippen LogP) is 3.21. The quantitative estimate of drug-likeness (QED) is 0.642. The Labute approximate surface area is 132 Å². The second kappa shape index (κ2) is 6.42. The van der Waals surface area contributed by atoms with E-state index in [1.807, 2.05) is 35.2 Å². The minimum absolute atomic E-state index is 0.0854. The number of rotatable bonds is 4. The lowest BCUT2D eigenvalue weighted by Crippen LogP contribution is -2.28. The Morgan fingerprint density at radius 1 is 1.13 bits per heavy atom. The molecular formula is C17H16F2N2O2. The summed E-state index contributed by atoms with van der Waals surface area (Å²) < 4.78 is 27.4. The number of benzene rings is 2. The van der Waals surface area contributed by atoms with Gasteiger partial charge in [-0.2, -0.15) is 0 Å². The van der Waals surface area contributed by atoms with E-state index in [1.54, 1.807) is 0 Å². The van der Waals surface area contributed by atoms with Crippen LogP contribution in [0, 0.1) is 21.7 Å². The lowest BCUT2D eigenvalue weighted by atomic mass is 9.94. The van der Waals surface area contributed by atoms with Crippen LogP contribution < -0.4 is 0 Å². The highest BCUT2D eigenvalue weighted by Gasteiger charge is 2.43. The molecule has 1 saturated heterocycles. The van der Waals surface area contributed by atoms with Gasteiger partial charge in [0.1, 0.15) is 11.6 Å². The summed E-state index contributed by atoms with van der Waals surface area (Å²) in [6.45, 7) is 1.11. The minimum Gasteiger partial charge on any atom is -0.292 e. The van der Waals surface area contributed by atoms with Crippen LogP contribution >= 0.6 is 0 Å². The second-order valence-electron chi connectivity index (χ2n) is 5.80. The van der Waals surface area contributed by atoms with Gasteiger partial charge in [0.15, 0.2) is 0 Å².